The van der Waals surface area contributed by atoms with Crippen molar-refractivity contribution in [3.8, 4) is 0 Å². The Labute approximate surface area is 177 Å². The predicted molar refractivity (Wildman–Crippen MR) is 115 cm³/mol. The number of hydrogen-bond acceptors (Lipinski definition) is 4. The van der Waals surface area contributed by atoms with E-state index in [-0.39, 0.29) is 12.1 Å². The number of hydrogen-bond donors (Lipinski definition) is 1. The molecule has 1 aromatic carbocycles. The van der Waals surface area contributed by atoms with Crippen molar-refractivity contribution in [1.29, 1.82) is 0 Å². The molecule has 0 aliphatic heterocycles. The standard InChI is InChI=1S/C23H32F2N4O/c1-17(2)7-6-8-18(3)11-12-28(5)19(4)23(30,14-29-16-26-15-27-29)21-10-9-20(24)13-22(21)25/h7,9-11,13,15-16,19,30H,6,8,12,14H2,1-5H3/b18-11+/t19-,23-/m0/s1. The van der Waals surface area contributed by atoms with Crippen LogP contribution in [0.4, 0.5) is 8.78 Å². The second-order valence-corrected chi connectivity index (χ2v) is 8.13. The van der Waals surface area contributed by atoms with Gasteiger partial charge < -0.3 is 5.11 Å². The molecular formula is C23H32F2N4O. The molecule has 0 bridgehead atoms. The van der Waals surface area contributed by atoms with Gasteiger partial charge in [0.1, 0.15) is 29.9 Å². The molecule has 0 radical (unpaired) electrons. The second kappa shape index (κ2) is 10.6. The Morgan fingerprint density at radius 2 is 2.00 bits per heavy atom. The monoisotopic (exact) mass is 418 g/mol. The maximum absolute atomic E-state index is 14.6. The molecule has 0 unspecified atom stereocenters. The average molecular weight is 419 g/mol. The van der Waals surface area contributed by atoms with Crippen LogP contribution in [0.25, 0.3) is 0 Å². The summed E-state index contributed by atoms with van der Waals surface area (Å²) in [6, 6.07) is 2.77. The van der Waals surface area contributed by atoms with E-state index in [0.29, 0.717) is 6.54 Å². The highest BCUT2D eigenvalue weighted by atomic mass is 19.1. The van der Waals surface area contributed by atoms with Crippen LogP contribution in [-0.2, 0) is 12.1 Å². The molecule has 164 valence electrons. The summed E-state index contributed by atoms with van der Waals surface area (Å²) in [6.07, 6.45) is 9.09. The van der Waals surface area contributed by atoms with Crippen LogP contribution in [0.1, 0.15) is 46.1 Å². The fourth-order valence-electron chi connectivity index (χ4n) is 3.36. The number of aromatic nitrogens is 3. The molecular weight excluding hydrogens is 386 g/mol. The molecule has 0 saturated carbocycles. The minimum absolute atomic E-state index is 0.00960. The first-order valence-electron chi connectivity index (χ1n) is 10.1. The highest BCUT2D eigenvalue weighted by Crippen LogP contribution is 2.32. The topological polar surface area (TPSA) is 54.2 Å². The highest BCUT2D eigenvalue weighted by Gasteiger charge is 2.40. The van der Waals surface area contributed by atoms with Crippen LogP contribution in [0.5, 0.6) is 0 Å². The summed E-state index contributed by atoms with van der Waals surface area (Å²) in [5.74, 6) is -1.47. The van der Waals surface area contributed by atoms with Crippen LogP contribution >= 0.6 is 0 Å². The van der Waals surface area contributed by atoms with Crippen molar-refractivity contribution >= 4 is 0 Å². The summed E-state index contributed by atoms with van der Waals surface area (Å²) >= 11 is 0. The van der Waals surface area contributed by atoms with Crippen LogP contribution in [0.2, 0.25) is 0 Å². The lowest BCUT2D eigenvalue weighted by molar-refractivity contribution is -0.0543. The Kier molecular flexibility index (Phi) is 8.43. The van der Waals surface area contributed by atoms with Crippen molar-refractivity contribution < 1.29 is 13.9 Å². The molecule has 0 aliphatic carbocycles. The van der Waals surface area contributed by atoms with Crippen molar-refractivity contribution in [3.05, 3.63) is 71.3 Å². The molecule has 1 aromatic heterocycles. The van der Waals surface area contributed by atoms with Gasteiger partial charge in [-0.1, -0.05) is 29.4 Å². The average Bonchev–Trinajstić information content (AvgIpc) is 3.17. The number of aliphatic hydroxyl groups is 1. The summed E-state index contributed by atoms with van der Waals surface area (Å²) in [6.45, 7) is 8.65. The summed E-state index contributed by atoms with van der Waals surface area (Å²) in [5, 5.41) is 15.7. The fourth-order valence-corrected chi connectivity index (χ4v) is 3.36. The quantitative estimate of drug-likeness (QED) is 0.579. The second-order valence-electron chi connectivity index (χ2n) is 8.13. The zero-order chi connectivity index (χ0) is 22.3. The molecule has 0 amide bonds. The smallest absolute Gasteiger partial charge is 0.137 e. The lowest BCUT2D eigenvalue weighted by Crippen LogP contribution is -2.50. The van der Waals surface area contributed by atoms with Gasteiger partial charge in [0.25, 0.3) is 0 Å². The number of halogens is 2. The Morgan fingerprint density at radius 1 is 1.27 bits per heavy atom. The molecule has 0 aliphatic rings. The van der Waals surface area contributed by atoms with Gasteiger partial charge in [-0.25, -0.2) is 18.4 Å². The van der Waals surface area contributed by atoms with E-state index in [9.17, 15) is 13.9 Å². The summed E-state index contributed by atoms with van der Waals surface area (Å²) in [7, 11) is 1.87. The molecule has 0 fully saturated rings. The van der Waals surface area contributed by atoms with Gasteiger partial charge in [-0.2, -0.15) is 5.10 Å². The molecule has 1 heterocycles. The largest absolute Gasteiger partial charge is 0.381 e. The molecule has 2 atom stereocenters. The van der Waals surface area contributed by atoms with Crippen LogP contribution in [0.15, 0.2) is 54.2 Å². The number of rotatable bonds is 10. The Balaban J connectivity index is 2.23. The number of benzene rings is 1. The van der Waals surface area contributed by atoms with E-state index in [2.05, 4.69) is 43.0 Å². The molecule has 1 N–H and O–H groups in total. The van der Waals surface area contributed by atoms with E-state index in [0.717, 1.165) is 25.0 Å². The number of allylic oxidation sites excluding steroid dienone is 3. The van der Waals surface area contributed by atoms with Gasteiger partial charge in [-0.3, -0.25) is 4.90 Å². The van der Waals surface area contributed by atoms with Crippen molar-refractivity contribution in [2.24, 2.45) is 0 Å². The SMILES string of the molecule is CC(C)=CCC/C(C)=C/CN(C)[C@@H](C)[C@@](O)(Cn1cncn1)c1ccc(F)cc1F. The van der Waals surface area contributed by atoms with E-state index in [1.54, 1.807) is 0 Å². The lowest BCUT2D eigenvalue weighted by Gasteiger charge is -2.39. The van der Waals surface area contributed by atoms with Crippen LogP contribution in [-0.4, -0.2) is 44.4 Å². The summed E-state index contributed by atoms with van der Waals surface area (Å²) in [5.41, 5.74) is 0.944. The molecule has 0 saturated heterocycles. The van der Waals surface area contributed by atoms with Crippen molar-refractivity contribution in [3.63, 3.8) is 0 Å². The third kappa shape index (κ3) is 6.31. The third-order valence-corrected chi connectivity index (χ3v) is 5.44. The normalized spacial score (nSPS) is 15.2. The van der Waals surface area contributed by atoms with E-state index in [4.69, 9.17) is 0 Å². The predicted octanol–water partition coefficient (Wildman–Crippen LogP) is 4.46. The van der Waals surface area contributed by atoms with Gasteiger partial charge in [-0.15, -0.1) is 0 Å². The van der Waals surface area contributed by atoms with E-state index < -0.39 is 23.3 Å². The van der Waals surface area contributed by atoms with Crippen LogP contribution < -0.4 is 0 Å². The molecule has 2 aromatic rings. The molecule has 0 spiro atoms. The molecule has 2 rings (SSSR count). The Hall–Kier alpha value is -2.38. The number of likely N-dealkylation sites (N-methyl/N-ethyl adjacent to an activating group) is 1. The minimum atomic E-state index is -1.63. The zero-order valence-corrected chi connectivity index (χ0v) is 18.4. The maximum atomic E-state index is 14.6. The summed E-state index contributed by atoms with van der Waals surface area (Å²) in [4.78, 5) is 5.85. The van der Waals surface area contributed by atoms with Crippen LogP contribution in [0, 0.1) is 11.6 Å². The van der Waals surface area contributed by atoms with E-state index in [1.807, 2.05) is 18.9 Å². The maximum Gasteiger partial charge on any atom is 0.137 e. The van der Waals surface area contributed by atoms with Crippen LogP contribution in [0.3, 0.4) is 0 Å². The van der Waals surface area contributed by atoms with Gasteiger partial charge in [0.2, 0.25) is 0 Å². The zero-order valence-electron chi connectivity index (χ0n) is 18.4. The van der Waals surface area contributed by atoms with Gasteiger partial charge in [0.15, 0.2) is 0 Å². The Bertz CT molecular complexity index is 875. The first-order valence-corrected chi connectivity index (χ1v) is 10.1. The van der Waals surface area contributed by atoms with E-state index in [1.165, 1.54) is 34.5 Å². The minimum Gasteiger partial charge on any atom is -0.381 e. The molecule has 30 heavy (non-hydrogen) atoms. The highest BCUT2D eigenvalue weighted by molar-refractivity contribution is 5.27. The van der Waals surface area contributed by atoms with Crippen molar-refractivity contribution in [2.45, 2.75) is 58.7 Å². The molecule has 5 nitrogen and oxygen atoms in total. The number of nitrogens with zero attached hydrogens (tertiary/aromatic N) is 4. The van der Waals surface area contributed by atoms with Crippen molar-refractivity contribution in [1.82, 2.24) is 19.7 Å². The van der Waals surface area contributed by atoms with Gasteiger partial charge in [0.05, 0.1) is 6.54 Å². The van der Waals surface area contributed by atoms with E-state index >= 15 is 0 Å². The first kappa shape index (κ1) is 23.9. The van der Waals surface area contributed by atoms with Gasteiger partial charge in [-0.05, 0) is 53.7 Å². The summed E-state index contributed by atoms with van der Waals surface area (Å²) < 4.78 is 29.6. The fraction of sp³-hybridized carbons (Fsp3) is 0.478. The van der Waals surface area contributed by atoms with Crippen molar-refractivity contribution in [2.75, 3.05) is 13.6 Å². The Morgan fingerprint density at radius 3 is 2.60 bits per heavy atom. The lowest BCUT2D eigenvalue weighted by atomic mass is 9.85. The molecule has 7 heteroatoms. The first-order chi connectivity index (χ1) is 14.1. The van der Waals surface area contributed by atoms with Gasteiger partial charge in [0, 0.05) is 24.2 Å². The third-order valence-electron chi connectivity index (χ3n) is 5.44. The van der Waals surface area contributed by atoms with Gasteiger partial charge >= 0.3 is 0 Å².